The van der Waals surface area contributed by atoms with Gasteiger partial charge in [0.25, 0.3) is 0 Å². The summed E-state index contributed by atoms with van der Waals surface area (Å²) in [5, 5.41) is 9.48. The number of pyridine rings is 1. The molecule has 0 radical (unpaired) electrons. The second-order valence-corrected chi connectivity index (χ2v) is 4.67. The Kier molecular flexibility index (Phi) is 3.61. The van der Waals surface area contributed by atoms with Crippen molar-refractivity contribution in [3.8, 4) is 0 Å². The first-order valence-corrected chi connectivity index (χ1v) is 5.14. The highest BCUT2D eigenvalue weighted by Gasteiger charge is 2.30. The molecule has 2 nitrogen and oxygen atoms in total. The molecule has 0 aliphatic carbocycles. The van der Waals surface area contributed by atoms with Gasteiger partial charge in [0.15, 0.2) is 0 Å². The first-order chi connectivity index (χ1) is 6.48. The molecule has 78 valence electrons. The van der Waals surface area contributed by atoms with Crippen LogP contribution in [0.1, 0.15) is 19.5 Å². The van der Waals surface area contributed by atoms with E-state index in [9.17, 15) is 9.50 Å². The van der Waals surface area contributed by atoms with Gasteiger partial charge in [-0.2, -0.15) is 0 Å². The van der Waals surface area contributed by atoms with Crippen molar-refractivity contribution in [1.82, 2.24) is 4.98 Å². The Hall–Kier alpha value is -0.480. The van der Waals surface area contributed by atoms with Gasteiger partial charge in [-0.05, 0) is 28.1 Å². The fraction of sp³-hybridized carbons (Fsp3) is 0.500. The van der Waals surface area contributed by atoms with E-state index < -0.39 is 18.2 Å². The molecule has 4 heteroatoms. The van der Waals surface area contributed by atoms with E-state index >= 15 is 0 Å². The SMILES string of the molecule is CC(C)(c1ccc(Br)cn1)C(O)CF. The second kappa shape index (κ2) is 4.36. The number of aliphatic hydroxyl groups excluding tert-OH is 1. The van der Waals surface area contributed by atoms with Crippen molar-refractivity contribution < 1.29 is 9.50 Å². The number of aliphatic hydroxyl groups is 1. The fourth-order valence-electron chi connectivity index (χ4n) is 1.12. The lowest BCUT2D eigenvalue weighted by Gasteiger charge is -2.27. The highest BCUT2D eigenvalue weighted by atomic mass is 79.9. The van der Waals surface area contributed by atoms with Gasteiger partial charge in [0, 0.05) is 21.8 Å². The van der Waals surface area contributed by atoms with E-state index in [2.05, 4.69) is 20.9 Å². The minimum atomic E-state index is -1.02. The summed E-state index contributed by atoms with van der Waals surface area (Å²) >= 11 is 3.27. The van der Waals surface area contributed by atoms with Crippen LogP contribution < -0.4 is 0 Å². The maximum atomic E-state index is 12.4. The van der Waals surface area contributed by atoms with E-state index in [0.717, 1.165) is 4.47 Å². The Labute approximate surface area is 91.3 Å². The van der Waals surface area contributed by atoms with Gasteiger partial charge in [0.1, 0.15) is 6.67 Å². The molecule has 0 aliphatic rings. The Balaban J connectivity index is 2.97. The summed E-state index contributed by atoms with van der Waals surface area (Å²) in [4.78, 5) is 4.15. The molecule has 1 aromatic rings. The summed E-state index contributed by atoms with van der Waals surface area (Å²) in [6.45, 7) is 2.78. The molecule has 1 unspecified atom stereocenters. The van der Waals surface area contributed by atoms with Gasteiger partial charge in [-0.25, -0.2) is 4.39 Å². The number of hydrogen-bond donors (Lipinski definition) is 1. The van der Waals surface area contributed by atoms with Crippen LogP contribution in [0.2, 0.25) is 0 Å². The number of alkyl halides is 1. The van der Waals surface area contributed by atoms with Gasteiger partial charge in [-0.15, -0.1) is 0 Å². The summed E-state index contributed by atoms with van der Waals surface area (Å²) in [7, 11) is 0. The van der Waals surface area contributed by atoms with Crippen LogP contribution >= 0.6 is 15.9 Å². The summed E-state index contributed by atoms with van der Waals surface area (Å²) < 4.78 is 13.2. The Bertz CT molecular complexity index is 299. The smallest absolute Gasteiger partial charge is 0.116 e. The van der Waals surface area contributed by atoms with Gasteiger partial charge >= 0.3 is 0 Å². The molecule has 0 amide bonds. The highest BCUT2D eigenvalue weighted by molar-refractivity contribution is 9.10. The zero-order valence-electron chi connectivity index (χ0n) is 8.17. The zero-order valence-corrected chi connectivity index (χ0v) is 9.75. The van der Waals surface area contributed by atoms with E-state index in [0.29, 0.717) is 5.69 Å². The molecule has 1 heterocycles. The minimum Gasteiger partial charge on any atom is -0.389 e. The number of aromatic nitrogens is 1. The normalized spacial score (nSPS) is 14.1. The summed E-state index contributed by atoms with van der Waals surface area (Å²) in [5.74, 6) is 0. The molecular formula is C10H13BrFNO. The van der Waals surface area contributed by atoms with E-state index in [1.165, 1.54) is 0 Å². The van der Waals surface area contributed by atoms with Crippen molar-refractivity contribution in [1.29, 1.82) is 0 Å². The maximum absolute atomic E-state index is 12.4. The number of halogens is 2. The molecule has 1 atom stereocenters. The van der Waals surface area contributed by atoms with E-state index in [-0.39, 0.29) is 0 Å². The molecule has 0 aliphatic heterocycles. The highest BCUT2D eigenvalue weighted by Crippen LogP contribution is 2.26. The predicted molar refractivity (Wildman–Crippen MR) is 56.9 cm³/mol. The van der Waals surface area contributed by atoms with Crippen LogP contribution in [0.25, 0.3) is 0 Å². The van der Waals surface area contributed by atoms with E-state index in [4.69, 9.17) is 0 Å². The maximum Gasteiger partial charge on any atom is 0.116 e. The standard InChI is InChI=1S/C10H13BrFNO/c1-10(2,9(14)5-12)8-4-3-7(11)6-13-8/h3-4,6,9,14H,5H2,1-2H3. The first-order valence-electron chi connectivity index (χ1n) is 4.34. The van der Waals surface area contributed by atoms with Crippen molar-refractivity contribution in [2.24, 2.45) is 0 Å². The van der Waals surface area contributed by atoms with Crippen molar-refractivity contribution in [2.45, 2.75) is 25.4 Å². The molecule has 0 spiro atoms. The van der Waals surface area contributed by atoms with Crippen LogP contribution in [0.5, 0.6) is 0 Å². The lowest BCUT2D eigenvalue weighted by atomic mass is 9.83. The molecular weight excluding hydrogens is 249 g/mol. The van der Waals surface area contributed by atoms with Crippen molar-refractivity contribution >= 4 is 15.9 Å². The summed E-state index contributed by atoms with van der Waals surface area (Å²) in [6, 6.07) is 3.61. The topological polar surface area (TPSA) is 33.1 Å². The van der Waals surface area contributed by atoms with E-state index in [1.807, 2.05) is 6.07 Å². The fourth-order valence-corrected chi connectivity index (χ4v) is 1.36. The quantitative estimate of drug-likeness (QED) is 0.907. The van der Waals surface area contributed by atoms with Crippen LogP contribution in [0.4, 0.5) is 4.39 Å². The lowest BCUT2D eigenvalue weighted by molar-refractivity contribution is 0.0717. The molecule has 0 aromatic carbocycles. The van der Waals surface area contributed by atoms with Crippen molar-refractivity contribution in [2.75, 3.05) is 6.67 Å². The van der Waals surface area contributed by atoms with Crippen LogP contribution in [0, 0.1) is 0 Å². The van der Waals surface area contributed by atoms with Crippen LogP contribution in [0.15, 0.2) is 22.8 Å². The third-order valence-corrected chi connectivity index (χ3v) is 2.84. The first kappa shape index (κ1) is 11.6. The van der Waals surface area contributed by atoms with Crippen molar-refractivity contribution in [3.05, 3.63) is 28.5 Å². The number of nitrogens with zero attached hydrogens (tertiary/aromatic N) is 1. The third kappa shape index (κ3) is 2.30. The van der Waals surface area contributed by atoms with Crippen LogP contribution in [0.3, 0.4) is 0 Å². The van der Waals surface area contributed by atoms with Gasteiger partial charge in [0.05, 0.1) is 6.10 Å². The zero-order chi connectivity index (χ0) is 10.8. The molecule has 0 saturated heterocycles. The average Bonchev–Trinajstić information content (AvgIpc) is 2.17. The van der Waals surface area contributed by atoms with Gasteiger partial charge in [-0.3, -0.25) is 4.98 Å². The number of hydrogen-bond acceptors (Lipinski definition) is 2. The van der Waals surface area contributed by atoms with Gasteiger partial charge in [-0.1, -0.05) is 13.8 Å². The minimum absolute atomic E-state index is 0.657. The molecule has 0 fully saturated rings. The van der Waals surface area contributed by atoms with Gasteiger partial charge in [0.2, 0.25) is 0 Å². The summed E-state index contributed by atoms with van der Waals surface area (Å²) in [6.07, 6.45) is 0.623. The molecule has 1 aromatic heterocycles. The lowest BCUT2D eigenvalue weighted by Crippen LogP contribution is -2.36. The Morgan fingerprint density at radius 2 is 2.21 bits per heavy atom. The molecule has 0 saturated carbocycles. The molecule has 1 N–H and O–H groups in total. The third-order valence-electron chi connectivity index (χ3n) is 2.37. The Morgan fingerprint density at radius 3 is 2.64 bits per heavy atom. The monoisotopic (exact) mass is 261 g/mol. The van der Waals surface area contributed by atoms with Crippen LogP contribution in [-0.2, 0) is 5.41 Å². The van der Waals surface area contributed by atoms with Gasteiger partial charge < -0.3 is 5.11 Å². The average molecular weight is 262 g/mol. The second-order valence-electron chi connectivity index (χ2n) is 3.75. The Morgan fingerprint density at radius 1 is 1.57 bits per heavy atom. The largest absolute Gasteiger partial charge is 0.389 e. The van der Waals surface area contributed by atoms with Crippen molar-refractivity contribution in [3.63, 3.8) is 0 Å². The molecule has 1 rings (SSSR count). The van der Waals surface area contributed by atoms with Crippen LogP contribution in [-0.4, -0.2) is 22.9 Å². The van der Waals surface area contributed by atoms with E-state index in [1.54, 1.807) is 26.1 Å². The number of rotatable bonds is 3. The molecule has 0 bridgehead atoms. The summed E-state index contributed by atoms with van der Waals surface area (Å²) in [5.41, 5.74) is 0.0287. The predicted octanol–water partition coefficient (Wildman–Crippen LogP) is 2.45. The molecule has 14 heavy (non-hydrogen) atoms.